The van der Waals surface area contributed by atoms with Gasteiger partial charge in [0.15, 0.2) is 5.65 Å². The molecule has 100 valence electrons. The summed E-state index contributed by atoms with van der Waals surface area (Å²) in [5, 5.41) is 14.6. The summed E-state index contributed by atoms with van der Waals surface area (Å²) in [6.45, 7) is 0. The van der Waals surface area contributed by atoms with Gasteiger partial charge in [0.2, 0.25) is 11.8 Å². The highest BCUT2D eigenvalue weighted by Crippen LogP contribution is 2.24. The Morgan fingerprint density at radius 3 is 2.65 bits per heavy atom. The molecule has 3 aromatic rings. The van der Waals surface area contributed by atoms with Crippen LogP contribution in [0.25, 0.3) is 5.65 Å². The zero-order chi connectivity index (χ0) is 14.1. The lowest BCUT2D eigenvalue weighted by atomic mass is 10.3. The maximum atomic E-state index is 10.6. The zero-order valence-electron chi connectivity index (χ0n) is 10.1. The lowest BCUT2D eigenvalue weighted by Crippen LogP contribution is -1.96. The Kier molecular flexibility index (Phi) is 2.68. The van der Waals surface area contributed by atoms with Crippen LogP contribution >= 0.6 is 0 Å². The third kappa shape index (κ3) is 2.09. The predicted octanol–water partition coefficient (Wildman–Crippen LogP) is 2.01. The summed E-state index contributed by atoms with van der Waals surface area (Å²) in [7, 11) is 0. The number of anilines is 1. The van der Waals surface area contributed by atoms with Crippen LogP contribution < -0.4 is 10.5 Å². The van der Waals surface area contributed by atoms with Crippen molar-refractivity contribution in [1.82, 2.24) is 14.6 Å². The minimum Gasteiger partial charge on any atom is -0.439 e. The van der Waals surface area contributed by atoms with Crippen LogP contribution in [0.15, 0.2) is 42.5 Å². The zero-order valence-corrected chi connectivity index (χ0v) is 10.1. The van der Waals surface area contributed by atoms with Crippen LogP contribution in [-0.4, -0.2) is 19.5 Å². The van der Waals surface area contributed by atoms with Crippen LogP contribution in [0.3, 0.4) is 0 Å². The third-order valence-corrected chi connectivity index (χ3v) is 2.61. The molecule has 0 saturated carbocycles. The van der Waals surface area contributed by atoms with E-state index in [1.807, 2.05) is 0 Å². The maximum absolute atomic E-state index is 10.6. The highest BCUT2D eigenvalue weighted by atomic mass is 16.6. The fourth-order valence-electron chi connectivity index (χ4n) is 1.73. The van der Waals surface area contributed by atoms with Gasteiger partial charge < -0.3 is 10.5 Å². The number of benzene rings is 1. The van der Waals surface area contributed by atoms with Gasteiger partial charge in [0.05, 0.1) is 4.92 Å². The van der Waals surface area contributed by atoms with E-state index < -0.39 is 4.92 Å². The minimum atomic E-state index is -0.470. The van der Waals surface area contributed by atoms with Gasteiger partial charge in [-0.1, -0.05) is 6.07 Å². The number of aromatic nitrogens is 3. The molecule has 2 N–H and O–H groups in total. The Bertz CT molecular complexity index is 781. The van der Waals surface area contributed by atoms with Crippen molar-refractivity contribution >= 4 is 17.3 Å². The number of pyridine rings is 1. The fraction of sp³-hybridized carbons (Fsp3) is 0. The van der Waals surface area contributed by atoms with E-state index in [2.05, 4.69) is 10.1 Å². The monoisotopic (exact) mass is 271 g/mol. The molecule has 1 aromatic carbocycles. The van der Waals surface area contributed by atoms with Crippen LogP contribution in [0, 0.1) is 10.1 Å². The smallest absolute Gasteiger partial charge is 0.269 e. The Hall–Kier alpha value is -3.16. The Morgan fingerprint density at radius 1 is 1.20 bits per heavy atom. The maximum Gasteiger partial charge on any atom is 0.269 e. The van der Waals surface area contributed by atoms with Crippen molar-refractivity contribution in [3.05, 3.63) is 52.6 Å². The van der Waals surface area contributed by atoms with E-state index in [0.717, 1.165) is 0 Å². The number of hydrogen-bond donors (Lipinski definition) is 1. The second-order valence-corrected chi connectivity index (χ2v) is 3.96. The molecule has 0 radical (unpaired) electrons. The fourth-order valence-corrected chi connectivity index (χ4v) is 1.73. The largest absolute Gasteiger partial charge is 0.439 e. The number of rotatable bonds is 3. The number of nitro benzene ring substituents is 1. The van der Waals surface area contributed by atoms with Gasteiger partial charge in [-0.2, -0.15) is 9.50 Å². The van der Waals surface area contributed by atoms with Gasteiger partial charge in [0, 0.05) is 18.2 Å². The van der Waals surface area contributed by atoms with Crippen molar-refractivity contribution in [2.24, 2.45) is 0 Å². The van der Waals surface area contributed by atoms with Crippen LogP contribution in [0.5, 0.6) is 11.6 Å². The number of nitro groups is 1. The molecule has 0 saturated heterocycles. The predicted molar refractivity (Wildman–Crippen MR) is 70.6 cm³/mol. The topological polar surface area (TPSA) is 109 Å². The molecule has 3 rings (SSSR count). The van der Waals surface area contributed by atoms with Crippen molar-refractivity contribution in [2.45, 2.75) is 0 Å². The molecule has 0 fully saturated rings. The number of hydrogen-bond acceptors (Lipinski definition) is 6. The van der Waals surface area contributed by atoms with Crippen LogP contribution in [0.2, 0.25) is 0 Å². The SMILES string of the molecule is Nc1nc2cccc(Oc3ccc([N+](=O)[O-])cc3)n2n1. The normalized spacial score (nSPS) is 10.6. The average molecular weight is 271 g/mol. The van der Waals surface area contributed by atoms with Gasteiger partial charge in [-0.15, -0.1) is 5.10 Å². The van der Waals surface area contributed by atoms with Crippen LogP contribution in [-0.2, 0) is 0 Å². The highest BCUT2D eigenvalue weighted by Gasteiger charge is 2.08. The van der Waals surface area contributed by atoms with Gasteiger partial charge in [0.25, 0.3) is 5.69 Å². The summed E-state index contributed by atoms with van der Waals surface area (Å²) in [6.07, 6.45) is 0. The van der Waals surface area contributed by atoms with Gasteiger partial charge in [-0.3, -0.25) is 10.1 Å². The van der Waals surface area contributed by atoms with Gasteiger partial charge in [-0.25, -0.2) is 0 Å². The van der Waals surface area contributed by atoms with Crippen LogP contribution in [0.4, 0.5) is 11.6 Å². The average Bonchev–Trinajstić information content (AvgIpc) is 2.81. The van der Waals surface area contributed by atoms with E-state index in [1.165, 1.54) is 28.8 Å². The van der Waals surface area contributed by atoms with E-state index in [1.54, 1.807) is 18.2 Å². The first-order chi connectivity index (χ1) is 9.63. The van der Waals surface area contributed by atoms with E-state index in [-0.39, 0.29) is 11.6 Å². The standard InChI is InChI=1S/C12H9N5O3/c13-12-14-10-2-1-3-11(16(10)15-12)20-9-6-4-8(5-7-9)17(18)19/h1-7H,(H2,13,15). The molecular weight excluding hydrogens is 262 g/mol. The molecule has 0 atom stereocenters. The molecule has 8 heteroatoms. The van der Waals surface area contributed by atoms with E-state index in [0.29, 0.717) is 17.3 Å². The van der Waals surface area contributed by atoms with Crippen molar-refractivity contribution in [3.8, 4) is 11.6 Å². The second kappa shape index (κ2) is 4.50. The molecule has 20 heavy (non-hydrogen) atoms. The summed E-state index contributed by atoms with van der Waals surface area (Å²) >= 11 is 0. The van der Waals surface area contributed by atoms with Crippen molar-refractivity contribution < 1.29 is 9.66 Å². The first kappa shape index (κ1) is 11.9. The summed E-state index contributed by atoms with van der Waals surface area (Å²) in [5.41, 5.74) is 6.09. The number of nitrogen functional groups attached to an aromatic ring is 1. The molecule has 0 unspecified atom stereocenters. The molecular formula is C12H9N5O3. The third-order valence-electron chi connectivity index (χ3n) is 2.61. The number of nitrogens with zero attached hydrogens (tertiary/aromatic N) is 4. The molecule has 0 spiro atoms. The summed E-state index contributed by atoms with van der Waals surface area (Å²) in [6, 6.07) is 10.9. The second-order valence-electron chi connectivity index (χ2n) is 3.96. The van der Waals surface area contributed by atoms with E-state index in [4.69, 9.17) is 10.5 Å². The Balaban J connectivity index is 1.94. The van der Waals surface area contributed by atoms with Crippen molar-refractivity contribution in [1.29, 1.82) is 0 Å². The molecule has 2 aromatic heterocycles. The summed E-state index contributed by atoms with van der Waals surface area (Å²) < 4.78 is 7.08. The van der Waals surface area contributed by atoms with Crippen LogP contribution in [0.1, 0.15) is 0 Å². The first-order valence-corrected chi connectivity index (χ1v) is 5.67. The Labute approximate surface area is 112 Å². The number of ether oxygens (including phenoxy) is 1. The van der Waals surface area contributed by atoms with Gasteiger partial charge >= 0.3 is 0 Å². The first-order valence-electron chi connectivity index (χ1n) is 5.67. The summed E-state index contributed by atoms with van der Waals surface area (Å²) in [4.78, 5) is 14.1. The molecule has 0 bridgehead atoms. The number of fused-ring (bicyclic) bond motifs is 1. The number of nitrogens with two attached hydrogens (primary N) is 1. The lowest BCUT2D eigenvalue weighted by molar-refractivity contribution is -0.384. The van der Waals surface area contributed by atoms with Crippen molar-refractivity contribution in [3.63, 3.8) is 0 Å². The molecule has 0 amide bonds. The molecule has 2 heterocycles. The lowest BCUT2D eigenvalue weighted by Gasteiger charge is -2.06. The minimum absolute atomic E-state index is 0.000518. The van der Waals surface area contributed by atoms with E-state index in [9.17, 15) is 10.1 Å². The highest BCUT2D eigenvalue weighted by molar-refractivity contribution is 5.45. The molecule has 8 nitrogen and oxygen atoms in total. The molecule has 0 aliphatic heterocycles. The van der Waals surface area contributed by atoms with Gasteiger partial charge in [-0.05, 0) is 18.2 Å². The number of non-ortho nitro benzene ring substituents is 1. The van der Waals surface area contributed by atoms with E-state index >= 15 is 0 Å². The molecule has 0 aliphatic rings. The van der Waals surface area contributed by atoms with Crippen molar-refractivity contribution in [2.75, 3.05) is 5.73 Å². The Morgan fingerprint density at radius 2 is 1.95 bits per heavy atom. The van der Waals surface area contributed by atoms with Gasteiger partial charge in [0.1, 0.15) is 5.75 Å². The molecule has 0 aliphatic carbocycles. The quantitative estimate of drug-likeness (QED) is 0.576. The summed E-state index contributed by atoms with van der Waals surface area (Å²) in [5.74, 6) is 1.02.